The third kappa shape index (κ3) is 3.84. The number of amides is 1. The van der Waals surface area contributed by atoms with Gasteiger partial charge in [0.05, 0.1) is 6.42 Å². The Morgan fingerprint density at radius 2 is 2.00 bits per heavy atom. The normalized spacial score (nSPS) is 25.3. The topological polar surface area (TPSA) is 66.4 Å². The third-order valence-electron chi connectivity index (χ3n) is 4.36. The number of aliphatic carboxylic acids is 1. The Labute approximate surface area is 125 Å². The summed E-state index contributed by atoms with van der Waals surface area (Å²) >= 11 is 0. The highest BCUT2D eigenvalue weighted by molar-refractivity contribution is 5.88. The van der Waals surface area contributed by atoms with E-state index in [2.05, 4.69) is 12.2 Å². The first-order valence-corrected chi connectivity index (χ1v) is 7.51. The van der Waals surface area contributed by atoms with Crippen LogP contribution in [0.15, 0.2) is 24.3 Å². The average Bonchev–Trinajstić information content (AvgIpc) is 2.41. The van der Waals surface area contributed by atoms with Crippen molar-refractivity contribution in [3.63, 3.8) is 0 Å². The van der Waals surface area contributed by atoms with Crippen LogP contribution < -0.4 is 5.32 Å². The van der Waals surface area contributed by atoms with Gasteiger partial charge >= 0.3 is 5.97 Å². The molecular formula is C17H23NO3. The summed E-state index contributed by atoms with van der Waals surface area (Å²) in [5.74, 6) is -0.587. The first-order valence-electron chi connectivity index (χ1n) is 7.51. The summed E-state index contributed by atoms with van der Waals surface area (Å²) in [5, 5.41) is 12.3. The van der Waals surface area contributed by atoms with E-state index in [9.17, 15) is 14.7 Å². The van der Waals surface area contributed by atoms with Gasteiger partial charge in [0.1, 0.15) is 5.54 Å². The van der Waals surface area contributed by atoms with Gasteiger partial charge in [-0.05, 0) is 44.1 Å². The number of carbonyl (C=O) groups excluding carboxylic acids is 1. The summed E-state index contributed by atoms with van der Waals surface area (Å²) in [6.45, 7) is 4.10. The van der Waals surface area contributed by atoms with Crippen LogP contribution in [0.2, 0.25) is 0 Å². The van der Waals surface area contributed by atoms with E-state index >= 15 is 0 Å². The van der Waals surface area contributed by atoms with E-state index in [1.54, 1.807) is 0 Å². The molecule has 0 aromatic heterocycles. The molecule has 0 aliphatic heterocycles. The molecule has 1 aliphatic rings. The Morgan fingerprint density at radius 3 is 2.57 bits per heavy atom. The van der Waals surface area contributed by atoms with Crippen LogP contribution in [0.1, 0.15) is 43.7 Å². The molecule has 1 fully saturated rings. The van der Waals surface area contributed by atoms with Gasteiger partial charge in [0, 0.05) is 0 Å². The highest BCUT2D eigenvalue weighted by Crippen LogP contribution is 2.32. The summed E-state index contributed by atoms with van der Waals surface area (Å²) < 4.78 is 0. The van der Waals surface area contributed by atoms with Gasteiger partial charge in [-0.3, -0.25) is 4.79 Å². The molecule has 0 unspecified atom stereocenters. The molecule has 0 atom stereocenters. The van der Waals surface area contributed by atoms with Crippen molar-refractivity contribution in [1.82, 2.24) is 5.32 Å². The Bertz CT molecular complexity index is 531. The minimum absolute atomic E-state index is 0.211. The molecule has 1 aromatic carbocycles. The highest BCUT2D eigenvalue weighted by atomic mass is 16.4. The van der Waals surface area contributed by atoms with Gasteiger partial charge < -0.3 is 10.4 Å². The Hall–Kier alpha value is -1.84. The number of carbonyl (C=O) groups is 2. The van der Waals surface area contributed by atoms with Crippen molar-refractivity contribution in [3.8, 4) is 0 Å². The summed E-state index contributed by atoms with van der Waals surface area (Å²) in [4.78, 5) is 23.8. The molecule has 1 amide bonds. The molecule has 4 heteroatoms. The fraction of sp³-hybridized carbons (Fsp3) is 0.529. The van der Waals surface area contributed by atoms with Gasteiger partial charge in [-0.1, -0.05) is 36.8 Å². The van der Waals surface area contributed by atoms with Crippen LogP contribution in [0.25, 0.3) is 0 Å². The van der Waals surface area contributed by atoms with E-state index in [1.807, 2.05) is 31.2 Å². The SMILES string of the molecule is Cc1cccc(CC(=O)NC2(C(=O)O)CCC(C)CC2)c1. The molecule has 0 bridgehead atoms. The van der Waals surface area contributed by atoms with Crippen LogP contribution in [0.3, 0.4) is 0 Å². The van der Waals surface area contributed by atoms with Crippen LogP contribution in [-0.2, 0) is 16.0 Å². The zero-order valence-corrected chi connectivity index (χ0v) is 12.7. The lowest BCUT2D eigenvalue weighted by molar-refractivity contribution is -0.149. The number of nitrogens with one attached hydrogen (secondary N) is 1. The molecule has 0 radical (unpaired) electrons. The predicted molar refractivity (Wildman–Crippen MR) is 81.0 cm³/mol. The van der Waals surface area contributed by atoms with Gasteiger partial charge in [-0.2, -0.15) is 0 Å². The molecule has 0 saturated heterocycles. The van der Waals surface area contributed by atoms with Crippen LogP contribution in [-0.4, -0.2) is 22.5 Å². The molecule has 4 nitrogen and oxygen atoms in total. The van der Waals surface area contributed by atoms with Crippen molar-refractivity contribution in [2.75, 3.05) is 0 Å². The van der Waals surface area contributed by atoms with E-state index in [0.717, 1.165) is 24.0 Å². The molecule has 1 aliphatic carbocycles. The van der Waals surface area contributed by atoms with Crippen molar-refractivity contribution < 1.29 is 14.7 Å². The maximum Gasteiger partial charge on any atom is 0.329 e. The van der Waals surface area contributed by atoms with Crippen molar-refractivity contribution >= 4 is 11.9 Å². The maximum atomic E-state index is 12.2. The van der Waals surface area contributed by atoms with Gasteiger partial charge in [0.2, 0.25) is 5.91 Å². The number of hydrogen-bond acceptors (Lipinski definition) is 2. The molecular weight excluding hydrogens is 266 g/mol. The van der Waals surface area contributed by atoms with Gasteiger partial charge in [0.15, 0.2) is 0 Å². The first-order chi connectivity index (χ1) is 9.91. The number of rotatable bonds is 4. The zero-order valence-electron chi connectivity index (χ0n) is 12.7. The average molecular weight is 289 g/mol. The first kappa shape index (κ1) is 15.5. The van der Waals surface area contributed by atoms with E-state index < -0.39 is 11.5 Å². The summed E-state index contributed by atoms with van der Waals surface area (Å²) in [5.41, 5.74) is 0.935. The fourth-order valence-electron chi connectivity index (χ4n) is 2.97. The van der Waals surface area contributed by atoms with Gasteiger partial charge in [-0.25, -0.2) is 4.79 Å². The van der Waals surface area contributed by atoms with Gasteiger partial charge in [0.25, 0.3) is 0 Å². The second kappa shape index (κ2) is 6.29. The van der Waals surface area contributed by atoms with Crippen molar-refractivity contribution in [3.05, 3.63) is 35.4 Å². The van der Waals surface area contributed by atoms with Crippen molar-refractivity contribution in [2.45, 2.75) is 51.5 Å². The third-order valence-corrected chi connectivity index (χ3v) is 4.36. The molecule has 2 N–H and O–H groups in total. The Morgan fingerprint density at radius 1 is 1.33 bits per heavy atom. The Kier molecular flexibility index (Phi) is 4.66. The van der Waals surface area contributed by atoms with E-state index in [-0.39, 0.29) is 12.3 Å². The number of aryl methyl sites for hydroxylation is 1. The summed E-state index contributed by atoms with van der Waals surface area (Å²) in [6, 6.07) is 7.73. The summed E-state index contributed by atoms with van der Waals surface area (Å²) in [6.07, 6.45) is 2.95. The molecule has 114 valence electrons. The highest BCUT2D eigenvalue weighted by Gasteiger charge is 2.42. The lowest BCUT2D eigenvalue weighted by atomic mass is 9.77. The van der Waals surface area contributed by atoms with Crippen molar-refractivity contribution in [1.29, 1.82) is 0 Å². The second-order valence-corrected chi connectivity index (χ2v) is 6.28. The van der Waals surface area contributed by atoms with Crippen LogP contribution >= 0.6 is 0 Å². The van der Waals surface area contributed by atoms with Crippen LogP contribution in [0.5, 0.6) is 0 Å². The molecule has 1 aromatic rings. The molecule has 1 saturated carbocycles. The van der Waals surface area contributed by atoms with Crippen molar-refractivity contribution in [2.24, 2.45) is 5.92 Å². The minimum Gasteiger partial charge on any atom is -0.480 e. The zero-order chi connectivity index (χ0) is 15.5. The lowest BCUT2D eigenvalue weighted by Crippen LogP contribution is -2.56. The van der Waals surface area contributed by atoms with Gasteiger partial charge in [-0.15, -0.1) is 0 Å². The predicted octanol–water partition coefficient (Wildman–Crippen LogP) is 2.69. The number of hydrogen-bond donors (Lipinski definition) is 2. The Balaban J connectivity index is 2.04. The number of benzene rings is 1. The standard InChI is InChI=1S/C17H23NO3/c1-12-6-8-17(9-7-12,16(20)21)18-15(19)11-14-5-3-4-13(2)10-14/h3-5,10,12H,6-9,11H2,1-2H3,(H,18,19)(H,20,21). The van der Waals surface area contributed by atoms with E-state index in [1.165, 1.54) is 0 Å². The fourth-order valence-corrected chi connectivity index (χ4v) is 2.97. The molecule has 0 spiro atoms. The van der Waals surface area contributed by atoms with E-state index in [0.29, 0.717) is 18.8 Å². The molecule has 2 rings (SSSR count). The maximum absolute atomic E-state index is 12.2. The van der Waals surface area contributed by atoms with E-state index in [4.69, 9.17) is 0 Å². The number of carboxylic acid groups (broad SMARTS) is 1. The largest absolute Gasteiger partial charge is 0.480 e. The lowest BCUT2D eigenvalue weighted by Gasteiger charge is -2.36. The monoisotopic (exact) mass is 289 g/mol. The quantitative estimate of drug-likeness (QED) is 0.895. The second-order valence-electron chi connectivity index (χ2n) is 6.28. The summed E-state index contributed by atoms with van der Waals surface area (Å²) in [7, 11) is 0. The number of carboxylic acids is 1. The van der Waals surface area contributed by atoms with Crippen LogP contribution in [0, 0.1) is 12.8 Å². The smallest absolute Gasteiger partial charge is 0.329 e. The van der Waals surface area contributed by atoms with Crippen LogP contribution in [0.4, 0.5) is 0 Å². The molecule has 0 heterocycles. The minimum atomic E-state index is -1.08. The molecule has 21 heavy (non-hydrogen) atoms.